The Morgan fingerprint density at radius 3 is 2.66 bits per heavy atom. The van der Waals surface area contributed by atoms with Gasteiger partial charge in [0.1, 0.15) is 0 Å². The molecule has 7 heteroatoms. The number of halogens is 2. The maximum Gasteiger partial charge on any atom is 0.238 e. The molecule has 2 amide bonds. The fourth-order valence-corrected chi connectivity index (χ4v) is 4.00. The van der Waals surface area contributed by atoms with Gasteiger partial charge in [-0.05, 0) is 55.2 Å². The number of carbonyl (C=O) groups excluding carboxylic acids is 2. The summed E-state index contributed by atoms with van der Waals surface area (Å²) in [7, 11) is 0. The summed E-state index contributed by atoms with van der Waals surface area (Å²) in [5.74, 6) is 0.0665. The molecule has 2 aromatic carbocycles. The van der Waals surface area contributed by atoms with E-state index in [9.17, 15) is 9.59 Å². The molecule has 29 heavy (non-hydrogen) atoms. The minimum absolute atomic E-state index is 0.0677. The lowest BCUT2D eigenvalue weighted by molar-refractivity contribution is -0.118. The third-order valence-electron chi connectivity index (χ3n) is 5.29. The largest absolute Gasteiger partial charge is 0.325 e. The molecule has 2 fully saturated rings. The quantitative estimate of drug-likeness (QED) is 0.689. The Labute approximate surface area is 180 Å². The first kappa shape index (κ1) is 20.2. The lowest BCUT2D eigenvalue weighted by Gasteiger charge is -2.22. The zero-order valence-electron chi connectivity index (χ0n) is 16.0. The summed E-state index contributed by atoms with van der Waals surface area (Å²) in [6.07, 6.45) is 3.66. The highest BCUT2D eigenvalue weighted by atomic mass is 35.5. The molecule has 1 N–H and O–H groups in total. The Morgan fingerprint density at radius 2 is 1.97 bits per heavy atom. The Morgan fingerprint density at radius 1 is 1.14 bits per heavy atom. The van der Waals surface area contributed by atoms with E-state index in [1.807, 2.05) is 36.4 Å². The number of nitrogens with one attached hydrogen (secondary N) is 1. The fourth-order valence-electron chi connectivity index (χ4n) is 3.68. The minimum Gasteiger partial charge on any atom is -0.325 e. The molecule has 4 rings (SSSR count). The molecular weight excluding hydrogens is 409 g/mol. The molecule has 0 unspecified atom stereocenters. The second kappa shape index (κ2) is 8.74. The van der Waals surface area contributed by atoms with Gasteiger partial charge in [0.15, 0.2) is 0 Å². The number of hydrogen-bond acceptors (Lipinski definition) is 3. The molecule has 0 bridgehead atoms. The van der Waals surface area contributed by atoms with Gasteiger partial charge in [-0.2, -0.15) is 0 Å². The molecule has 0 spiro atoms. The summed E-state index contributed by atoms with van der Waals surface area (Å²) in [5, 5.41) is 4.03. The van der Waals surface area contributed by atoms with Gasteiger partial charge in [0, 0.05) is 36.9 Å². The van der Waals surface area contributed by atoms with E-state index in [4.69, 9.17) is 23.2 Å². The lowest BCUT2D eigenvalue weighted by Crippen LogP contribution is -2.34. The third-order valence-corrected chi connectivity index (χ3v) is 6.03. The summed E-state index contributed by atoms with van der Waals surface area (Å²) in [5.41, 5.74) is 2.58. The maximum atomic E-state index is 12.7. The van der Waals surface area contributed by atoms with Crippen molar-refractivity contribution < 1.29 is 9.59 Å². The van der Waals surface area contributed by atoms with Crippen LogP contribution in [-0.4, -0.2) is 35.8 Å². The van der Waals surface area contributed by atoms with Crippen LogP contribution >= 0.6 is 23.2 Å². The molecule has 1 aliphatic carbocycles. The van der Waals surface area contributed by atoms with Crippen LogP contribution in [0.3, 0.4) is 0 Å². The standard InChI is InChI=1S/C22H23Cl2N3O2/c23-19-9-6-15(11-20(19)24)13-26(17-7-8-17)14-21(28)25-16-3-1-4-18(12-16)27-10-2-5-22(27)29/h1,3-4,6,9,11-12,17H,2,5,7-8,10,13-14H2,(H,25,28). The van der Waals surface area contributed by atoms with Crippen molar-refractivity contribution >= 4 is 46.4 Å². The van der Waals surface area contributed by atoms with Crippen molar-refractivity contribution in [1.82, 2.24) is 4.90 Å². The number of rotatable bonds is 7. The Kier molecular flexibility index (Phi) is 6.09. The molecule has 5 nitrogen and oxygen atoms in total. The van der Waals surface area contributed by atoms with Gasteiger partial charge in [0.2, 0.25) is 11.8 Å². The van der Waals surface area contributed by atoms with Gasteiger partial charge in [-0.3, -0.25) is 14.5 Å². The highest BCUT2D eigenvalue weighted by molar-refractivity contribution is 6.42. The first-order valence-corrected chi connectivity index (χ1v) is 10.6. The van der Waals surface area contributed by atoms with E-state index in [1.165, 1.54) is 0 Å². The molecule has 2 aromatic rings. The highest BCUT2D eigenvalue weighted by Gasteiger charge is 2.30. The van der Waals surface area contributed by atoms with Gasteiger partial charge in [-0.25, -0.2) is 0 Å². The summed E-state index contributed by atoms with van der Waals surface area (Å²) in [6.45, 7) is 1.68. The molecule has 152 valence electrons. The molecule has 1 aliphatic heterocycles. The molecule has 1 saturated heterocycles. The first-order valence-electron chi connectivity index (χ1n) is 9.88. The van der Waals surface area contributed by atoms with E-state index < -0.39 is 0 Å². The van der Waals surface area contributed by atoms with Crippen LogP contribution in [0.15, 0.2) is 42.5 Å². The van der Waals surface area contributed by atoms with Crippen molar-refractivity contribution in [3.63, 3.8) is 0 Å². The van der Waals surface area contributed by atoms with Crippen molar-refractivity contribution in [3.8, 4) is 0 Å². The Hall–Kier alpha value is -2.08. The lowest BCUT2D eigenvalue weighted by atomic mass is 10.2. The number of anilines is 2. The fraction of sp³-hybridized carbons (Fsp3) is 0.364. The smallest absolute Gasteiger partial charge is 0.238 e. The van der Waals surface area contributed by atoms with E-state index in [1.54, 1.807) is 11.0 Å². The van der Waals surface area contributed by atoms with Gasteiger partial charge in [-0.15, -0.1) is 0 Å². The summed E-state index contributed by atoms with van der Waals surface area (Å²) in [6, 6.07) is 13.5. The Bertz CT molecular complexity index is 930. The van der Waals surface area contributed by atoms with E-state index in [0.717, 1.165) is 37.1 Å². The van der Waals surface area contributed by atoms with Crippen LogP contribution < -0.4 is 10.2 Å². The van der Waals surface area contributed by atoms with Crippen molar-refractivity contribution in [2.75, 3.05) is 23.3 Å². The van der Waals surface area contributed by atoms with E-state index in [2.05, 4.69) is 10.2 Å². The van der Waals surface area contributed by atoms with Crippen LogP contribution in [0.5, 0.6) is 0 Å². The average Bonchev–Trinajstić information content (AvgIpc) is 3.45. The average molecular weight is 432 g/mol. The van der Waals surface area contributed by atoms with Gasteiger partial charge in [0.25, 0.3) is 0 Å². The van der Waals surface area contributed by atoms with Crippen LogP contribution in [-0.2, 0) is 16.1 Å². The highest BCUT2D eigenvalue weighted by Crippen LogP contribution is 2.30. The van der Waals surface area contributed by atoms with Crippen LogP contribution in [0.4, 0.5) is 11.4 Å². The zero-order chi connectivity index (χ0) is 20.4. The van der Waals surface area contributed by atoms with Crippen LogP contribution in [0.1, 0.15) is 31.2 Å². The molecule has 1 heterocycles. The number of nitrogens with zero attached hydrogens (tertiary/aromatic N) is 2. The number of carbonyl (C=O) groups is 2. The van der Waals surface area contributed by atoms with Gasteiger partial charge in [0.05, 0.1) is 16.6 Å². The first-order chi connectivity index (χ1) is 14.0. The second-order valence-corrected chi connectivity index (χ2v) is 8.45. The number of hydrogen-bond donors (Lipinski definition) is 1. The molecule has 0 atom stereocenters. The topological polar surface area (TPSA) is 52.7 Å². The third kappa shape index (κ3) is 5.10. The number of amides is 2. The van der Waals surface area contributed by atoms with Gasteiger partial charge >= 0.3 is 0 Å². The predicted molar refractivity (Wildman–Crippen MR) is 117 cm³/mol. The van der Waals surface area contributed by atoms with Gasteiger partial charge in [-0.1, -0.05) is 35.3 Å². The zero-order valence-corrected chi connectivity index (χ0v) is 17.5. The van der Waals surface area contributed by atoms with Crippen LogP contribution in [0, 0.1) is 0 Å². The monoisotopic (exact) mass is 431 g/mol. The molecule has 1 saturated carbocycles. The van der Waals surface area contributed by atoms with Crippen molar-refractivity contribution in [1.29, 1.82) is 0 Å². The number of benzene rings is 2. The summed E-state index contributed by atoms with van der Waals surface area (Å²) >= 11 is 12.1. The van der Waals surface area contributed by atoms with Crippen molar-refractivity contribution in [2.45, 2.75) is 38.3 Å². The van der Waals surface area contributed by atoms with E-state index in [0.29, 0.717) is 41.3 Å². The minimum atomic E-state index is -0.0677. The predicted octanol–water partition coefficient (Wildman–Crippen LogP) is 4.72. The Balaban J connectivity index is 1.40. The molecule has 2 aliphatic rings. The summed E-state index contributed by atoms with van der Waals surface area (Å²) < 4.78 is 0. The molecule has 0 aromatic heterocycles. The van der Waals surface area contributed by atoms with E-state index >= 15 is 0 Å². The van der Waals surface area contributed by atoms with Crippen LogP contribution in [0.2, 0.25) is 10.0 Å². The molecule has 0 radical (unpaired) electrons. The van der Waals surface area contributed by atoms with Crippen molar-refractivity contribution in [2.24, 2.45) is 0 Å². The summed E-state index contributed by atoms with van der Waals surface area (Å²) in [4.78, 5) is 28.6. The molecular formula is C22H23Cl2N3O2. The van der Waals surface area contributed by atoms with Gasteiger partial charge < -0.3 is 10.2 Å². The second-order valence-electron chi connectivity index (χ2n) is 7.63. The van der Waals surface area contributed by atoms with E-state index in [-0.39, 0.29) is 11.8 Å². The van der Waals surface area contributed by atoms with Crippen molar-refractivity contribution in [3.05, 3.63) is 58.1 Å². The maximum absolute atomic E-state index is 12.7. The van der Waals surface area contributed by atoms with Crippen LogP contribution in [0.25, 0.3) is 0 Å². The SMILES string of the molecule is O=C(CN(Cc1ccc(Cl)c(Cl)c1)C1CC1)Nc1cccc(N2CCCC2=O)c1. The normalized spacial score (nSPS) is 16.5.